The first kappa shape index (κ1) is 19.9. The maximum absolute atomic E-state index is 13.0. The van der Waals surface area contributed by atoms with Gasteiger partial charge < -0.3 is 14.7 Å². The number of carboxylic acid groups (broad SMARTS) is 1. The van der Waals surface area contributed by atoms with Crippen LogP contribution in [-0.4, -0.2) is 40.5 Å². The van der Waals surface area contributed by atoms with E-state index >= 15 is 0 Å². The van der Waals surface area contributed by atoms with Crippen molar-refractivity contribution in [2.45, 2.75) is 52.1 Å². The summed E-state index contributed by atoms with van der Waals surface area (Å²) in [7, 11) is 1.28. The summed E-state index contributed by atoms with van der Waals surface area (Å²) < 4.78 is 4.93. The Labute approximate surface area is 154 Å². The Morgan fingerprint density at radius 1 is 1.35 bits per heavy atom. The lowest BCUT2D eigenvalue weighted by Gasteiger charge is -2.36. The fraction of sp³-hybridized carbons (Fsp3) is 0.550. The van der Waals surface area contributed by atoms with Crippen LogP contribution in [0.5, 0.6) is 0 Å². The van der Waals surface area contributed by atoms with E-state index in [1.54, 1.807) is 0 Å². The van der Waals surface area contributed by atoms with Gasteiger partial charge in [-0.05, 0) is 31.7 Å². The normalized spacial score (nSPS) is 25.4. The number of hydrogen-bond donors (Lipinski definition) is 1. The van der Waals surface area contributed by atoms with E-state index in [9.17, 15) is 19.5 Å². The molecule has 0 aromatic heterocycles. The van der Waals surface area contributed by atoms with Crippen molar-refractivity contribution in [3.63, 3.8) is 0 Å². The smallest absolute Gasteiger partial charge is 0.329 e. The third-order valence-corrected chi connectivity index (χ3v) is 5.01. The highest BCUT2D eigenvalue weighted by Crippen LogP contribution is 2.48. The number of esters is 1. The minimum Gasteiger partial charge on any atom is -0.480 e. The zero-order chi connectivity index (χ0) is 19.6. The molecule has 1 saturated heterocycles. The number of aliphatic carboxylic acids is 1. The van der Waals surface area contributed by atoms with Crippen LogP contribution < -0.4 is 0 Å². The number of carbonyl (C=O) groups excluding carboxylic acids is 2. The lowest BCUT2D eigenvalue weighted by atomic mass is 9.90. The molecule has 0 radical (unpaired) electrons. The van der Waals surface area contributed by atoms with E-state index in [-0.39, 0.29) is 24.7 Å². The van der Waals surface area contributed by atoms with Gasteiger partial charge in [0, 0.05) is 6.42 Å². The molecule has 0 aliphatic carbocycles. The second-order valence-electron chi connectivity index (χ2n) is 7.63. The van der Waals surface area contributed by atoms with Crippen LogP contribution >= 0.6 is 0 Å². The van der Waals surface area contributed by atoms with E-state index in [0.29, 0.717) is 0 Å². The number of carbonyl (C=O) groups is 3. The van der Waals surface area contributed by atoms with Crippen LogP contribution in [0.25, 0.3) is 0 Å². The highest BCUT2D eigenvalue weighted by atomic mass is 16.5. The SMILES string of the molecule is COC(=O)C1CC(C)(C(=O)O)N(C(=O)CC(C)C)C1c1cccc(C)c1. The highest BCUT2D eigenvalue weighted by Gasteiger charge is 2.58. The molecule has 0 bridgehead atoms. The van der Waals surface area contributed by atoms with Crippen LogP contribution in [0.3, 0.4) is 0 Å². The van der Waals surface area contributed by atoms with Crippen molar-refractivity contribution in [2.24, 2.45) is 11.8 Å². The largest absolute Gasteiger partial charge is 0.480 e. The topological polar surface area (TPSA) is 83.9 Å². The van der Waals surface area contributed by atoms with Gasteiger partial charge in [-0.15, -0.1) is 0 Å². The first-order chi connectivity index (χ1) is 12.1. The standard InChI is InChI=1S/C20H27NO5/c1-12(2)9-16(22)21-17(14-8-6-7-13(3)10-14)15(18(23)26-5)11-20(21,4)19(24)25/h6-8,10,12,15,17H,9,11H2,1-5H3,(H,24,25). The summed E-state index contributed by atoms with van der Waals surface area (Å²) in [5.74, 6) is -2.51. The number of methoxy groups -OCH3 is 1. The second-order valence-corrected chi connectivity index (χ2v) is 7.63. The molecule has 0 saturated carbocycles. The molecular formula is C20H27NO5. The molecule has 1 N–H and O–H groups in total. The molecule has 3 unspecified atom stereocenters. The summed E-state index contributed by atoms with van der Waals surface area (Å²) in [6, 6.07) is 6.83. The van der Waals surface area contributed by atoms with Crippen LogP contribution in [0.15, 0.2) is 24.3 Å². The van der Waals surface area contributed by atoms with E-state index in [2.05, 4.69) is 0 Å². The van der Waals surface area contributed by atoms with Gasteiger partial charge in [-0.3, -0.25) is 9.59 Å². The van der Waals surface area contributed by atoms with Crippen molar-refractivity contribution < 1.29 is 24.2 Å². The van der Waals surface area contributed by atoms with E-state index < -0.39 is 29.4 Å². The number of aryl methyl sites for hydroxylation is 1. The zero-order valence-electron chi connectivity index (χ0n) is 16.0. The van der Waals surface area contributed by atoms with Gasteiger partial charge in [-0.2, -0.15) is 0 Å². The van der Waals surface area contributed by atoms with Crippen LogP contribution in [0.2, 0.25) is 0 Å². The number of likely N-dealkylation sites (tertiary alicyclic amines) is 1. The van der Waals surface area contributed by atoms with Crippen LogP contribution in [0.4, 0.5) is 0 Å². The van der Waals surface area contributed by atoms with Gasteiger partial charge >= 0.3 is 11.9 Å². The predicted molar refractivity (Wildman–Crippen MR) is 96.4 cm³/mol. The Hall–Kier alpha value is -2.37. The van der Waals surface area contributed by atoms with Crippen molar-refractivity contribution in [3.05, 3.63) is 35.4 Å². The average molecular weight is 361 g/mol. The lowest BCUT2D eigenvalue weighted by Crippen LogP contribution is -2.51. The Morgan fingerprint density at radius 3 is 2.50 bits per heavy atom. The Morgan fingerprint density at radius 2 is 2.00 bits per heavy atom. The molecule has 1 fully saturated rings. The fourth-order valence-electron chi connectivity index (χ4n) is 3.79. The first-order valence-corrected chi connectivity index (χ1v) is 8.81. The molecule has 3 atom stereocenters. The fourth-order valence-corrected chi connectivity index (χ4v) is 3.79. The zero-order valence-corrected chi connectivity index (χ0v) is 16.0. The predicted octanol–water partition coefficient (Wildman–Crippen LogP) is 2.95. The number of carboxylic acids is 1. The minimum atomic E-state index is -1.46. The molecule has 1 aromatic rings. The van der Waals surface area contributed by atoms with Crippen LogP contribution in [0.1, 0.15) is 50.8 Å². The Kier molecular flexibility index (Phi) is 5.74. The number of rotatable bonds is 5. The molecule has 1 aliphatic rings. The summed E-state index contributed by atoms with van der Waals surface area (Å²) in [5.41, 5.74) is 0.271. The van der Waals surface area contributed by atoms with Gasteiger partial charge in [0.1, 0.15) is 5.54 Å². The van der Waals surface area contributed by atoms with Gasteiger partial charge in [0.05, 0.1) is 19.1 Å². The lowest BCUT2D eigenvalue weighted by molar-refractivity contribution is -0.157. The number of benzene rings is 1. The van der Waals surface area contributed by atoms with Crippen molar-refractivity contribution in [2.75, 3.05) is 7.11 Å². The molecule has 0 spiro atoms. The van der Waals surface area contributed by atoms with Crippen molar-refractivity contribution in [1.29, 1.82) is 0 Å². The molecule has 1 aliphatic heterocycles. The van der Waals surface area contributed by atoms with E-state index in [1.807, 2.05) is 45.0 Å². The summed E-state index contributed by atoms with van der Waals surface area (Å²) in [6.45, 7) is 7.25. The first-order valence-electron chi connectivity index (χ1n) is 8.81. The summed E-state index contributed by atoms with van der Waals surface area (Å²) in [6.07, 6.45) is 0.247. The van der Waals surface area contributed by atoms with E-state index in [4.69, 9.17) is 4.74 Å². The number of ether oxygens (including phenoxy) is 1. The van der Waals surface area contributed by atoms with Gasteiger partial charge in [-0.1, -0.05) is 43.7 Å². The van der Waals surface area contributed by atoms with Gasteiger partial charge in [0.15, 0.2) is 0 Å². The van der Waals surface area contributed by atoms with Gasteiger partial charge in [0.25, 0.3) is 0 Å². The highest BCUT2D eigenvalue weighted by molar-refractivity contribution is 5.90. The average Bonchev–Trinajstić information content (AvgIpc) is 2.88. The third-order valence-electron chi connectivity index (χ3n) is 5.01. The second kappa shape index (κ2) is 7.48. The maximum Gasteiger partial charge on any atom is 0.329 e. The van der Waals surface area contributed by atoms with Crippen molar-refractivity contribution in [1.82, 2.24) is 4.90 Å². The van der Waals surface area contributed by atoms with E-state index in [0.717, 1.165) is 11.1 Å². The number of nitrogens with zero attached hydrogens (tertiary/aromatic N) is 1. The summed E-state index contributed by atoms with van der Waals surface area (Å²) >= 11 is 0. The molecule has 2 rings (SSSR count). The summed E-state index contributed by atoms with van der Waals surface area (Å²) in [4.78, 5) is 38.9. The Balaban J connectivity index is 2.62. The van der Waals surface area contributed by atoms with Crippen molar-refractivity contribution >= 4 is 17.8 Å². The van der Waals surface area contributed by atoms with Crippen molar-refractivity contribution in [3.8, 4) is 0 Å². The molecule has 1 amide bonds. The molecule has 1 heterocycles. The van der Waals surface area contributed by atoms with Crippen LogP contribution in [0, 0.1) is 18.8 Å². The number of amides is 1. The molecule has 142 valence electrons. The third kappa shape index (κ3) is 3.59. The molecule has 6 heteroatoms. The quantitative estimate of drug-likeness (QED) is 0.815. The molecule has 26 heavy (non-hydrogen) atoms. The number of hydrogen-bond acceptors (Lipinski definition) is 4. The minimum absolute atomic E-state index is 0.0252. The monoisotopic (exact) mass is 361 g/mol. The van der Waals surface area contributed by atoms with Gasteiger partial charge in [0.2, 0.25) is 5.91 Å². The molecule has 6 nitrogen and oxygen atoms in total. The summed E-state index contributed by atoms with van der Waals surface area (Å²) in [5, 5.41) is 9.87. The maximum atomic E-state index is 13.0. The molecule has 1 aromatic carbocycles. The van der Waals surface area contributed by atoms with E-state index in [1.165, 1.54) is 18.9 Å². The van der Waals surface area contributed by atoms with Crippen LogP contribution in [-0.2, 0) is 19.1 Å². The Bertz CT molecular complexity index is 714. The molecular weight excluding hydrogens is 334 g/mol. The van der Waals surface area contributed by atoms with Gasteiger partial charge in [-0.25, -0.2) is 4.79 Å².